The van der Waals surface area contributed by atoms with Crippen LogP contribution < -0.4 is 11.1 Å². The van der Waals surface area contributed by atoms with Crippen LogP contribution in [-0.2, 0) is 24.0 Å². The monoisotopic (exact) mass is 413 g/mol. The largest absolute Gasteiger partial charge is 0.507 e. The van der Waals surface area contributed by atoms with Gasteiger partial charge >= 0.3 is 0 Å². The van der Waals surface area contributed by atoms with Gasteiger partial charge < -0.3 is 21.1 Å². The average molecular weight is 413 g/mol. The maximum atomic E-state index is 12.8. The molecular formula is C21H23N3O6. The number of phenols is 1. The highest BCUT2D eigenvalue weighted by Gasteiger charge is 2.35. The van der Waals surface area contributed by atoms with Crippen molar-refractivity contribution in [3.05, 3.63) is 35.4 Å². The number of benzene rings is 1. The van der Waals surface area contributed by atoms with Gasteiger partial charge in [-0.1, -0.05) is 18.2 Å². The zero-order chi connectivity index (χ0) is 21.8. The molecule has 4 N–H and O–H groups in total. The highest BCUT2D eigenvalue weighted by atomic mass is 16.3. The molecule has 0 bridgehead atoms. The number of aromatic hydroxyl groups is 1. The molecule has 158 valence electrons. The van der Waals surface area contributed by atoms with Gasteiger partial charge in [0.05, 0.1) is 24.7 Å². The standard InChI is InChI=1S/C21H23N3O6/c22-10-18(29)24-9-3-5-13(24)17(28)11-23-21(30)20-16(27)8-7-15(26)19(20)12-4-1-2-6-14(12)25/h1-2,4,6,13,25H,3,5,7-11,22H2,(H,23,30)/t13-/m0/s1. The van der Waals surface area contributed by atoms with Crippen molar-refractivity contribution in [2.45, 2.75) is 31.7 Å². The van der Waals surface area contributed by atoms with Gasteiger partial charge in [0.15, 0.2) is 17.3 Å². The van der Waals surface area contributed by atoms with Crippen LogP contribution in [-0.4, -0.2) is 64.8 Å². The molecule has 0 spiro atoms. The molecule has 0 saturated carbocycles. The van der Waals surface area contributed by atoms with Crippen LogP contribution in [0.3, 0.4) is 0 Å². The number of para-hydroxylation sites is 1. The van der Waals surface area contributed by atoms with Crippen molar-refractivity contribution >= 4 is 34.7 Å². The Hall–Kier alpha value is -3.33. The number of carbonyl (C=O) groups is 5. The van der Waals surface area contributed by atoms with Gasteiger partial charge in [0, 0.05) is 30.5 Å². The molecule has 0 unspecified atom stereocenters. The topological polar surface area (TPSA) is 147 Å². The zero-order valence-corrected chi connectivity index (χ0v) is 16.3. The Bertz CT molecular complexity index is 952. The van der Waals surface area contributed by atoms with E-state index in [0.29, 0.717) is 19.4 Å². The molecule has 1 aromatic carbocycles. The highest BCUT2D eigenvalue weighted by Crippen LogP contribution is 2.33. The summed E-state index contributed by atoms with van der Waals surface area (Å²) in [6.07, 6.45) is 0.958. The smallest absolute Gasteiger partial charge is 0.256 e. The summed E-state index contributed by atoms with van der Waals surface area (Å²) in [7, 11) is 0. The summed E-state index contributed by atoms with van der Waals surface area (Å²) in [6, 6.07) is 5.28. The molecule has 1 aliphatic heterocycles. The first kappa shape index (κ1) is 21.4. The molecule has 9 nitrogen and oxygen atoms in total. The van der Waals surface area contributed by atoms with E-state index in [4.69, 9.17) is 5.73 Å². The number of nitrogens with zero attached hydrogens (tertiary/aromatic N) is 1. The Morgan fingerprint density at radius 1 is 1.13 bits per heavy atom. The Morgan fingerprint density at radius 3 is 2.53 bits per heavy atom. The molecule has 1 saturated heterocycles. The summed E-state index contributed by atoms with van der Waals surface area (Å²) in [5, 5.41) is 12.5. The molecule has 1 aromatic rings. The number of rotatable bonds is 6. The third-order valence-electron chi connectivity index (χ3n) is 5.33. The third-order valence-corrected chi connectivity index (χ3v) is 5.33. The summed E-state index contributed by atoms with van der Waals surface area (Å²) in [6.45, 7) is -0.170. The zero-order valence-electron chi connectivity index (χ0n) is 16.3. The Kier molecular flexibility index (Phi) is 6.41. The van der Waals surface area contributed by atoms with Crippen LogP contribution in [0.1, 0.15) is 31.2 Å². The first-order valence-corrected chi connectivity index (χ1v) is 9.74. The average Bonchev–Trinajstić information content (AvgIpc) is 3.23. The summed E-state index contributed by atoms with van der Waals surface area (Å²) < 4.78 is 0. The normalized spacial score (nSPS) is 19.2. The van der Waals surface area contributed by atoms with E-state index in [1.807, 2.05) is 0 Å². The highest BCUT2D eigenvalue weighted by molar-refractivity contribution is 6.39. The van der Waals surface area contributed by atoms with Gasteiger partial charge in [-0.2, -0.15) is 0 Å². The number of ketones is 3. The van der Waals surface area contributed by atoms with Gasteiger partial charge in [0.25, 0.3) is 5.91 Å². The number of nitrogens with two attached hydrogens (primary N) is 1. The number of hydrogen-bond acceptors (Lipinski definition) is 7. The molecule has 1 fully saturated rings. The van der Waals surface area contributed by atoms with Crippen LogP contribution in [0.2, 0.25) is 0 Å². The van der Waals surface area contributed by atoms with Crippen LogP contribution >= 0.6 is 0 Å². The van der Waals surface area contributed by atoms with E-state index in [1.54, 1.807) is 12.1 Å². The Labute approximate surface area is 172 Å². The number of amides is 2. The van der Waals surface area contributed by atoms with E-state index >= 15 is 0 Å². The van der Waals surface area contributed by atoms with Gasteiger partial charge in [0.1, 0.15) is 5.75 Å². The van der Waals surface area contributed by atoms with Crippen LogP contribution in [0.5, 0.6) is 5.75 Å². The van der Waals surface area contributed by atoms with E-state index < -0.39 is 30.1 Å². The number of phenolic OH excluding ortho intramolecular Hbond substituents is 1. The van der Waals surface area contributed by atoms with E-state index in [9.17, 15) is 29.1 Å². The van der Waals surface area contributed by atoms with Crippen LogP contribution in [0.25, 0.3) is 5.57 Å². The van der Waals surface area contributed by atoms with Crippen LogP contribution in [0.4, 0.5) is 0 Å². The van der Waals surface area contributed by atoms with E-state index in [0.717, 1.165) is 0 Å². The van der Waals surface area contributed by atoms with Crippen molar-refractivity contribution in [1.82, 2.24) is 10.2 Å². The fourth-order valence-corrected chi connectivity index (χ4v) is 3.86. The molecule has 3 rings (SSSR count). The SMILES string of the molecule is NCC(=O)N1CCC[C@H]1C(=O)CNC(=O)C1=C(c2ccccc2O)C(=O)CCC1=O. The number of likely N-dealkylation sites (tertiary alicyclic amines) is 1. The van der Waals surface area contributed by atoms with Crippen molar-refractivity contribution < 1.29 is 29.1 Å². The minimum atomic E-state index is -0.852. The lowest BCUT2D eigenvalue weighted by Crippen LogP contribution is -2.47. The van der Waals surface area contributed by atoms with Crippen molar-refractivity contribution in [2.75, 3.05) is 19.6 Å². The predicted molar refractivity (Wildman–Crippen MR) is 106 cm³/mol. The minimum Gasteiger partial charge on any atom is -0.507 e. The summed E-state index contributed by atoms with van der Waals surface area (Å²) in [4.78, 5) is 63.5. The summed E-state index contributed by atoms with van der Waals surface area (Å²) >= 11 is 0. The maximum absolute atomic E-state index is 12.8. The molecule has 30 heavy (non-hydrogen) atoms. The van der Waals surface area contributed by atoms with Crippen molar-refractivity contribution in [2.24, 2.45) is 5.73 Å². The van der Waals surface area contributed by atoms with E-state index in [1.165, 1.54) is 17.0 Å². The van der Waals surface area contributed by atoms with E-state index in [-0.39, 0.29) is 53.5 Å². The number of Topliss-reactive ketones (excluding diaryl/α,β-unsaturated/α-hetero) is 3. The van der Waals surface area contributed by atoms with E-state index in [2.05, 4.69) is 5.32 Å². The number of carbonyl (C=O) groups excluding carboxylic acids is 5. The summed E-state index contributed by atoms with van der Waals surface area (Å²) in [5.41, 5.74) is 4.97. The van der Waals surface area contributed by atoms with Gasteiger partial charge in [-0.25, -0.2) is 0 Å². The van der Waals surface area contributed by atoms with Crippen LogP contribution in [0.15, 0.2) is 29.8 Å². The third kappa shape index (κ3) is 4.16. The lowest BCUT2D eigenvalue weighted by molar-refractivity contribution is -0.136. The second kappa shape index (κ2) is 9.00. The Balaban J connectivity index is 1.82. The lowest BCUT2D eigenvalue weighted by atomic mass is 9.84. The van der Waals surface area contributed by atoms with Gasteiger partial charge in [-0.15, -0.1) is 0 Å². The van der Waals surface area contributed by atoms with Crippen molar-refractivity contribution in [3.8, 4) is 5.75 Å². The molecule has 9 heteroatoms. The predicted octanol–water partition coefficient (Wildman–Crippen LogP) is -0.287. The second-order valence-corrected chi connectivity index (χ2v) is 7.21. The first-order chi connectivity index (χ1) is 14.3. The molecular weight excluding hydrogens is 390 g/mol. The quantitative estimate of drug-likeness (QED) is 0.543. The summed E-state index contributed by atoms with van der Waals surface area (Å²) in [5.74, 6) is -2.74. The van der Waals surface area contributed by atoms with Crippen molar-refractivity contribution in [3.63, 3.8) is 0 Å². The number of allylic oxidation sites excluding steroid dienone is 1. The molecule has 1 heterocycles. The van der Waals surface area contributed by atoms with Gasteiger partial charge in [-0.3, -0.25) is 24.0 Å². The fourth-order valence-electron chi connectivity index (χ4n) is 3.86. The van der Waals surface area contributed by atoms with Gasteiger partial charge in [0.2, 0.25) is 5.91 Å². The molecule has 2 amide bonds. The Morgan fingerprint density at radius 2 is 1.83 bits per heavy atom. The molecule has 1 aliphatic carbocycles. The molecule has 0 radical (unpaired) electrons. The molecule has 0 aromatic heterocycles. The lowest BCUT2D eigenvalue weighted by Gasteiger charge is -2.23. The fraction of sp³-hybridized carbons (Fsp3) is 0.381. The van der Waals surface area contributed by atoms with Crippen molar-refractivity contribution in [1.29, 1.82) is 0 Å². The van der Waals surface area contributed by atoms with Crippen LogP contribution in [0, 0.1) is 0 Å². The molecule has 2 aliphatic rings. The number of hydrogen-bond donors (Lipinski definition) is 3. The van der Waals surface area contributed by atoms with Gasteiger partial charge in [-0.05, 0) is 18.9 Å². The maximum Gasteiger partial charge on any atom is 0.256 e. The first-order valence-electron chi connectivity index (χ1n) is 9.74. The number of nitrogens with one attached hydrogen (secondary N) is 1. The molecule has 1 atom stereocenters. The second-order valence-electron chi connectivity index (χ2n) is 7.21. The minimum absolute atomic E-state index is 0.0591.